The molecular weight excluding hydrogens is 240 g/mol. The van der Waals surface area contributed by atoms with Crippen molar-refractivity contribution in [3.8, 4) is 0 Å². The van der Waals surface area contributed by atoms with Crippen LogP contribution in [-0.2, 0) is 0 Å². The van der Waals surface area contributed by atoms with Crippen LogP contribution in [0.25, 0.3) is 10.9 Å². The van der Waals surface area contributed by atoms with Gasteiger partial charge in [0, 0.05) is 5.39 Å². The number of carbonyl (C=O) groups excluding carboxylic acids is 1. The molecule has 0 aliphatic carbocycles. The fourth-order valence-electron chi connectivity index (χ4n) is 1.29. The quantitative estimate of drug-likeness (QED) is 0.718. The van der Waals surface area contributed by atoms with Crippen molar-refractivity contribution in [2.75, 3.05) is 0 Å². The Morgan fingerprint density at radius 1 is 1.20 bits per heavy atom. The number of aldehydes is 1. The predicted octanol–water partition coefficient (Wildman–Crippen LogP) is 3.49. The lowest BCUT2D eigenvalue weighted by molar-refractivity contribution is 0.111. The van der Waals surface area contributed by atoms with Crippen LogP contribution < -0.4 is 0 Å². The van der Waals surface area contributed by atoms with E-state index in [0.717, 1.165) is 6.07 Å². The second-order valence-electron chi connectivity index (χ2n) is 2.93. The molecule has 0 radical (unpaired) electrons. The molecule has 0 fully saturated rings. The molecule has 0 amide bonds. The highest BCUT2D eigenvalue weighted by molar-refractivity contribution is 6.39. The molecule has 0 unspecified atom stereocenters. The molecule has 2 rings (SSSR count). The molecule has 5 heteroatoms. The zero-order chi connectivity index (χ0) is 11.0. The van der Waals surface area contributed by atoms with E-state index in [1.54, 1.807) is 0 Å². The van der Waals surface area contributed by atoms with E-state index in [9.17, 15) is 9.18 Å². The zero-order valence-corrected chi connectivity index (χ0v) is 8.81. The van der Waals surface area contributed by atoms with Gasteiger partial charge in [0.15, 0.2) is 6.29 Å². The van der Waals surface area contributed by atoms with Crippen molar-refractivity contribution in [1.29, 1.82) is 0 Å². The summed E-state index contributed by atoms with van der Waals surface area (Å²) >= 11 is 11.6. The molecule has 2 aromatic rings. The van der Waals surface area contributed by atoms with Crippen LogP contribution in [0.15, 0.2) is 18.2 Å². The summed E-state index contributed by atoms with van der Waals surface area (Å²) in [6.07, 6.45) is 0.561. The number of fused-ring (bicyclic) bond motifs is 1. The molecule has 76 valence electrons. The van der Waals surface area contributed by atoms with Crippen LogP contribution in [0.2, 0.25) is 10.0 Å². The van der Waals surface area contributed by atoms with Gasteiger partial charge in [0.25, 0.3) is 0 Å². The monoisotopic (exact) mass is 243 g/mol. The highest BCUT2D eigenvalue weighted by Crippen LogP contribution is 2.29. The maximum absolute atomic E-state index is 13.0. The number of pyridine rings is 1. The van der Waals surface area contributed by atoms with E-state index >= 15 is 0 Å². The van der Waals surface area contributed by atoms with Gasteiger partial charge in [-0.15, -0.1) is 0 Å². The van der Waals surface area contributed by atoms with Crippen LogP contribution in [0.4, 0.5) is 4.39 Å². The first-order chi connectivity index (χ1) is 7.11. The van der Waals surface area contributed by atoms with Gasteiger partial charge in [0.1, 0.15) is 11.5 Å². The molecule has 0 spiro atoms. The van der Waals surface area contributed by atoms with Gasteiger partial charge in [-0.3, -0.25) is 4.79 Å². The Kier molecular flexibility index (Phi) is 2.59. The van der Waals surface area contributed by atoms with Gasteiger partial charge >= 0.3 is 0 Å². The number of halogens is 3. The number of hydrogen-bond acceptors (Lipinski definition) is 2. The Balaban J connectivity index is 2.91. The van der Waals surface area contributed by atoms with E-state index in [2.05, 4.69) is 4.98 Å². The standard InChI is InChI=1S/C10H4Cl2FNO/c11-8-3-6(4-15)14-10-7(8)1-5(13)2-9(10)12/h1-4H. The van der Waals surface area contributed by atoms with Gasteiger partial charge in [-0.25, -0.2) is 9.37 Å². The summed E-state index contributed by atoms with van der Waals surface area (Å²) in [6.45, 7) is 0. The molecule has 0 saturated heterocycles. The SMILES string of the molecule is O=Cc1cc(Cl)c2cc(F)cc(Cl)c2n1. The molecule has 0 bridgehead atoms. The molecular formula is C10H4Cl2FNO. The van der Waals surface area contributed by atoms with E-state index in [1.165, 1.54) is 12.1 Å². The summed E-state index contributed by atoms with van der Waals surface area (Å²) in [7, 11) is 0. The van der Waals surface area contributed by atoms with Crippen molar-refractivity contribution in [1.82, 2.24) is 4.98 Å². The van der Waals surface area contributed by atoms with Crippen molar-refractivity contribution in [3.63, 3.8) is 0 Å². The van der Waals surface area contributed by atoms with Gasteiger partial charge in [-0.1, -0.05) is 23.2 Å². The molecule has 0 atom stereocenters. The fourth-order valence-corrected chi connectivity index (χ4v) is 1.80. The fraction of sp³-hybridized carbons (Fsp3) is 0. The van der Waals surface area contributed by atoms with Crippen LogP contribution in [0.1, 0.15) is 10.5 Å². The normalized spacial score (nSPS) is 10.6. The van der Waals surface area contributed by atoms with Crippen molar-refractivity contribution in [2.45, 2.75) is 0 Å². The summed E-state index contributed by atoms with van der Waals surface area (Å²) in [5.41, 5.74) is 0.494. The number of rotatable bonds is 1. The molecule has 0 N–H and O–H groups in total. The zero-order valence-electron chi connectivity index (χ0n) is 7.30. The third-order valence-corrected chi connectivity index (χ3v) is 2.52. The smallest absolute Gasteiger partial charge is 0.168 e. The average molecular weight is 244 g/mol. The third kappa shape index (κ3) is 1.80. The maximum atomic E-state index is 13.0. The lowest BCUT2D eigenvalue weighted by atomic mass is 10.2. The number of carbonyl (C=O) groups is 1. The maximum Gasteiger partial charge on any atom is 0.168 e. The number of aromatic nitrogens is 1. The molecule has 15 heavy (non-hydrogen) atoms. The molecule has 0 aliphatic heterocycles. The molecule has 1 aromatic heterocycles. The average Bonchev–Trinajstić information content (AvgIpc) is 2.19. The highest BCUT2D eigenvalue weighted by Gasteiger charge is 2.09. The van der Waals surface area contributed by atoms with Crippen LogP contribution in [0.3, 0.4) is 0 Å². The molecule has 1 aromatic carbocycles. The first kappa shape index (κ1) is 10.3. The van der Waals surface area contributed by atoms with E-state index in [4.69, 9.17) is 23.2 Å². The number of nitrogens with zero attached hydrogens (tertiary/aromatic N) is 1. The first-order valence-corrected chi connectivity index (χ1v) is 4.78. The van der Waals surface area contributed by atoms with Crippen molar-refractivity contribution in [2.24, 2.45) is 0 Å². The minimum atomic E-state index is -0.491. The first-order valence-electron chi connectivity index (χ1n) is 4.02. The van der Waals surface area contributed by atoms with Crippen LogP contribution in [0.5, 0.6) is 0 Å². The Hall–Kier alpha value is -1.19. The van der Waals surface area contributed by atoms with Crippen LogP contribution in [-0.4, -0.2) is 11.3 Å². The second-order valence-corrected chi connectivity index (χ2v) is 3.74. The summed E-state index contributed by atoms with van der Waals surface area (Å²) in [4.78, 5) is 14.5. The van der Waals surface area contributed by atoms with E-state index in [0.29, 0.717) is 17.2 Å². The molecule has 1 heterocycles. The third-order valence-electron chi connectivity index (χ3n) is 1.92. The summed E-state index contributed by atoms with van der Waals surface area (Å²) in [5, 5.41) is 0.784. The van der Waals surface area contributed by atoms with Crippen molar-refractivity contribution < 1.29 is 9.18 Å². The summed E-state index contributed by atoms with van der Waals surface area (Å²) in [5.74, 6) is -0.491. The second kappa shape index (κ2) is 3.76. The van der Waals surface area contributed by atoms with Crippen LogP contribution in [0, 0.1) is 5.82 Å². The number of hydrogen-bond donors (Lipinski definition) is 0. The number of benzene rings is 1. The Bertz CT molecular complexity index is 557. The topological polar surface area (TPSA) is 30.0 Å². The Morgan fingerprint density at radius 3 is 2.60 bits per heavy atom. The Labute approximate surface area is 94.6 Å². The lowest BCUT2D eigenvalue weighted by Crippen LogP contribution is -1.90. The van der Waals surface area contributed by atoms with Gasteiger partial charge < -0.3 is 0 Å². The van der Waals surface area contributed by atoms with E-state index < -0.39 is 5.82 Å². The van der Waals surface area contributed by atoms with Crippen LogP contribution >= 0.6 is 23.2 Å². The van der Waals surface area contributed by atoms with Crippen molar-refractivity contribution in [3.05, 3.63) is 39.8 Å². The van der Waals surface area contributed by atoms with Gasteiger partial charge in [-0.2, -0.15) is 0 Å². The lowest BCUT2D eigenvalue weighted by Gasteiger charge is -2.03. The van der Waals surface area contributed by atoms with Crippen molar-refractivity contribution >= 4 is 40.4 Å². The van der Waals surface area contributed by atoms with Gasteiger partial charge in [-0.05, 0) is 18.2 Å². The Morgan fingerprint density at radius 2 is 1.93 bits per heavy atom. The molecule has 0 aliphatic rings. The largest absolute Gasteiger partial charge is 0.296 e. The van der Waals surface area contributed by atoms with Gasteiger partial charge in [0.05, 0.1) is 15.6 Å². The summed E-state index contributed by atoms with van der Waals surface area (Å²) in [6, 6.07) is 3.72. The van der Waals surface area contributed by atoms with E-state index in [1.807, 2.05) is 0 Å². The highest BCUT2D eigenvalue weighted by atomic mass is 35.5. The van der Waals surface area contributed by atoms with Gasteiger partial charge in [0.2, 0.25) is 0 Å². The van der Waals surface area contributed by atoms with E-state index in [-0.39, 0.29) is 15.7 Å². The predicted molar refractivity (Wildman–Crippen MR) is 57.1 cm³/mol. The molecule has 2 nitrogen and oxygen atoms in total. The minimum absolute atomic E-state index is 0.135. The minimum Gasteiger partial charge on any atom is -0.296 e. The molecule has 0 saturated carbocycles. The summed E-state index contributed by atoms with van der Waals surface area (Å²) < 4.78 is 13.0.